The van der Waals surface area contributed by atoms with Crippen molar-refractivity contribution < 1.29 is 14.3 Å². The van der Waals surface area contributed by atoms with Crippen LogP contribution in [0.2, 0.25) is 0 Å². The molecule has 0 radical (unpaired) electrons. The van der Waals surface area contributed by atoms with Crippen LogP contribution < -0.4 is 9.47 Å². The number of carbonyl (C=O) groups is 1. The van der Waals surface area contributed by atoms with Crippen LogP contribution in [-0.4, -0.2) is 58.0 Å². The third-order valence-corrected chi connectivity index (χ3v) is 5.35. The molecule has 29 heavy (non-hydrogen) atoms. The van der Waals surface area contributed by atoms with E-state index in [0.717, 1.165) is 16.8 Å². The minimum absolute atomic E-state index is 0.0215. The molecule has 0 unspecified atom stereocenters. The first-order valence-electron chi connectivity index (χ1n) is 8.95. The zero-order chi connectivity index (χ0) is 20.8. The number of ether oxygens (including phenoxy) is 2. The normalized spacial score (nSPS) is 10.6. The largest absolute Gasteiger partial charge is 0.493 e. The molecular weight excluding hydrogens is 390 g/mol. The molecule has 2 aromatic carbocycles. The molecule has 0 atom stereocenters. The summed E-state index contributed by atoms with van der Waals surface area (Å²) in [5.41, 5.74) is 2.88. The van der Waals surface area contributed by atoms with Crippen molar-refractivity contribution in [1.29, 1.82) is 0 Å². The Kier molecular flexibility index (Phi) is 6.71. The van der Waals surface area contributed by atoms with Crippen LogP contribution in [0.4, 0.5) is 0 Å². The van der Waals surface area contributed by atoms with E-state index in [1.807, 2.05) is 49.4 Å². The van der Waals surface area contributed by atoms with Gasteiger partial charge in [-0.2, -0.15) is 4.68 Å². The van der Waals surface area contributed by atoms with E-state index in [9.17, 15) is 4.79 Å². The topological polar surface area (TPSA) is 82.4 Å². The summed E-state index contributed by atoms with van der Waals surface area (Å²) in [4.78, 5) is 14.3. The van der Waals surface area contributed by atoms with Crippen LogP contribution in [-0.2, 0) is 11.3 Å². The number of tetrazole rings is 1. The van der Waals surface area contributed by atoms with Gasteiger partial charge in [0, 0.05) is 13.6 Å². The average molecular weight is 414 g/mol. The van der Waals surface area contributed by atoms with Crippen molar-refractivity contribution in [1.82, 2.24) is 25.1 Å². The zero-order valence-corrected chi connectivity index (χ0v) is 17.6. The maximum Gasteiger partial charge on any atom is 0.233 e. The number of hydrogen-bond acceptors (Lipinski definition) is 7. The van der Waals surface area contributed by atoms with Crippen molar-refractivity contribution >= 4 is 17.7 Å². The average Bonchev–Trinajstić information content (AvgIpc) is 3.22. The van der Waals surface area contributed by atoms with Crippen LogP contribution >= 0.6 is 11.8 Å². The van der Waals surface area contributed by atoms with Crippen LogP contribution in [0.1, 0.15) is 11.1 Å². The van der Waals surface area contributed by atoms with E-state index in [1.165, 1.54) is 11.8 Å². The quantitative estimate of drug-likeness (QED) is 0.525. The Hall–Kier alpha value is -3.07. The van der Waals surface area contributed by atoms with Crippen molar-refractivity contribution in [3.63, 3.8) is 0 Å². The van der Waals surface area contributed by atoms with Gasteiger partial charge in [0.15, 0.2) is 11.5 Å². The van der Waals surface area contributed by atoms with Gasteiger partial charge in [-0.1, -0.05) is 30.0 Å². The van der Waals surface area contributed by atoms with Gasteiger partial charge in [0.05, 0.1) is 25.7 Å². The van der Waals surface area contributed by atoms with E-state index in [2.05, 4.69) is 15.5 Å². The standard InChI is InChI=1S/C20H23N5O3S/c1-14-10-17(27-3)18(28-4)11-15(14)12-24(2)19(26)13-29-20-21-22-23-25(20)16-8-6-5-7-9-16/h5-11H,12-13H2,1-4H3. The first-order valence-corrected chi connectivity index (χ1v) is 9.94. The van der Waals surface area contributed by atoms with E-state index in [-0.39, 0.29) is 11.7 Å². The lowest BCUT2D eigenvalue weighted by atomic mass is 10.1. The van der Waals surface area contributed by atoms with Crippen LogP contribution in [0, 0.1) is 6.92 Å². The third-order valence-electron chi connectivity index (χ3n) is 4.44. The highest BCUT2D eigenvalue weighted by molar-refractivity contribution is 7.99. The molecule has 0 saturated heterocycles. The molecule has 0 aliphatic heterocycles. The SMILES string of the molecule is COc1cc(C)c(CN(C)C(=O)CSc2nnnn2-c2ccccc2)cc1OC. The van der Waals surface area contributed by atoms with Crippen LogP contribution in [0.25, 0.3) is 5.69 Å². The summed E-state index contributed by atoms with van der Waals surface area (Å²) in [7, 11) is 4.98. The highest BCUT2D eigenvalue weighted by atomic mass is 32.2. The number of hydrogen-bond donors (Lipinski definition) is 0. The second-order valence-corrected chi connectivity index (χ2v) is 7.32. The Bertz CT molecular complexity index is 978. The van der Waals surface area contributed by atoms with Gasteiger partial charge in [0.2, 0.25) is 11.1 Å². The fourth-order valence-corrected chi connectivity index (χ4v) is 3.60. The number of benzene rings is 2. The van der Waals surface area contributed by atoms with Crippen molar-refractivity contribution in [2.75, 3.05) is 27.0 Å². The van der Waals surface area contributed by atoms with Crippen LogP contribution in [0.5, 0.6) is 11.5 Å². The van der Waals surface area contributed by atoms with E-state index in [1.54, 1.807) is 30.8 Å². The molecule has 3 rings (SSSR count). The number of amides is 1. The molecule has 1 heterocycles. The minimum Gasteiger partial charge on any atom is -0.493 e. The van der Waals surface area contributed by atoms with Gasteiger partial charge in [-0.05, 0) is 52.7 Å². The fraction of sp³-hybridized carbons (Fsp3) is 0.300. The maximum absolute atomic E-state index is 12.7. The molecule has 3 aromatic rings. The second-order valence-electron chi connectivity index (χ2n) is 6.38. The lowest BCUT2D eigenvalue weighted by Crippen LogP contribution is -2.28. The summed E-state index contributed by atoms with van der Waals surface area (Å²) in [6.45, 7) is 2.45. The predicted octanol–water partition coefficient (Wildman–Crippen LogP) is 2.74. The third kappa shape index (κ3) is 4.86. The summed E-state index contributed by atoms with van der Waals surface area (Å²) in [6, 6.07) is 13.4. The summed E-state index contributed by atoms with van der Waals surface area (Å²) < 4.78 is 12.3. The van der Waals surface area contributed by atoms with Gasteiger partial charge in [-0.3, -0.25) is 4.79 Å². The van der Waals surface area contributed by atoms with Crippen molar-refractivity contribution in [3.8, 4) is 17.2 Å². The highest BCUT2D eigenvalue weighted by Gasteiger charge is 2.16. The number of para-hydroxylation sites is 1. The molecule has 0 saturated carbocycles. The summed E-state index contributed by atoms with van der Waals surface area (Å²) in [5.74, 6) is 1.53. The number of aryl methyl sites for hydroxylation is 1. The van der Waals surface area contributed by atoms with Gasteiger partial charge in [0.1, 0.15) is 0 Å². The molecule has 0 fully saturated rings. The second kappa shape index (κ2) is 9.42. The summed E-state index contributed by atoms with van der Waals surface area (Å²) in [6.07, 6.45) is 0. The molecule has 152 valence electrons. The fourth-order valence-electron chi connectivity index (χ4n) is 2.77. The Morgan fingerprint density at radius 2 is 1.83 bits per heavy atom. The Morgan fingerprint density at radius 1 is 1.14 bits per heavy atom. The Morgan fingerprint density at radius 3 is 2.52 bits per heavy atom. The molecule has 8 nitrogen and oxygen atoms in total. The smallest absolute Gasteiger partial charge is 0.233 e. The van der Waals surface area contributed by atoms with Crippen molar-refractivity contribution in [2.45, 2.75) is 18.6 Å². The number of rotatable bonds is 8. The number of thioether (sulfide) groups is 1. The summed E-state index contributed by atoms with van der Waals surface area (Å²) >= 11 is 1.30. The van der Waals surface area contributed by atoms with Gasteiger partial charge < -0.3 is 14.4 Å². The molecule has 1 amide bonds. The number of carbonyl (C=O) groups excluding carboxylic acids is 1. The van der Waals surface area contributed by atoms with E-state index >= 15 is 0 Å². The highest BCUT2D eigenvalue weighted by Crippen LogP contribution is 2.30. The van der Waals surface area contributed by atoms with E-state index < -0.39 is 0 Å². The first kappa shape index (κ1) is 20.7. The maximum atomic E-state index is 12.7. The monoisotopic (exact) mass is 413 g/mol. The molecule has 9 heteroatoms. The van der Waals surface area contributed by atoms with Crippen LogP contribution in [0.3, 0.4) is 0 Å². The molecule has 0 aliphatic carbocycles. The predicted molar refractivity (Wildman–Crippen MR) is 111 cm³/mol. The molecule has 0 aliphatic rings. The molecule has 0 bridgehead atoms. The minimum atomic E-state index is -0.0215. The van der Waals surface area contributed by atoms with Gasteiger partial charge in [-0.15, -0.1) is 5.10 Å². The van der Waals surface area contributed by atoms with E-state index in [0.29, 0.717) is 23.2 Å². The van der Waals surface area contributed by atoms with Gasteiger partial charge in [0.25, 0.3) is 0 Å². The molecular formula is C20H23N5O3S. The summed E-state index contributed by atoms with van der Waals surface area (Å²) in [5, 5.41) is 12.3. The Labute approximate surface area is 173 Å². The van der Waals surface area contributed by atoms with Gasteiger partial charge >= 0.3 is 0 Å². The zero-order valence-electron chi connectivity index (χ0n) is 16.8. The first-order chi connectivity index (χ1) is 14.0. The van der Waals surface area contributed by atoms with Crippen LogP contribution in [0.15, 0.2) is 47.6 Å². The van der Waals surface area contributed by atoms with Crippen molar-refractivity contribution in [3.05, 3.63) is 53.6 Å². The Balaban J connectivity index is 1.65. The van der Waals surface area contributed by atoms with Crippen molar-refractivity contribution in [2.24, 2.45) is 0 Å². The number of aromatic nitrogens is 4. The number of methoxy groups -OCH3 is 2. The molecule has 0 spiro atoms. The van der Waals surface area contributed by atoms with E-state index in [4.69, 9.17) is 9.47 Å². The lowest BCUT2D eigenvalue weighted by molar-refractivity contribution is -0.127. The number of nitrogens with zero attached hydrogens (tertiary/aromatic N) is 5. The molecule has 1 aromatic heterocycles. The lowest BCUT2D eigenvalue weighted by Gasteiger charge is -2.19. The van der Waals surface area contributed by atoms with Gasteiger partial charge in [-0.25, -0.2) is 0 Å². The molecule has 0 N–H and O–H groups in total.